The van der Waals surface area contributed by atoms with Crippen LogP contribution in [-0.4, -0.2) is 0 Å². The van der Waals surface area contributed by atoms with Crippen LogP contribution in [0.25, 0.3) is 4.85 Å². The average Bonchev–Trinajstić information content (AvgIpc) is 3.01. The van der Waals surface area contributed by atoms with Gasteiger partial charge in [-0.15, -0.1) is 0 Å². The van der Waals surface area contributed by atoms with Gasteiger partial charge in [-0.05, 0) is 76.9 Å². The van der Waals surface area contributed by atoms with E-state index >= 15 is 0 Å². The molecule has 0 amide bonds. The van der Waals surface area contributed by atoms with Crippen LogP contribution in [-0.2, 0) is 10.8 Å². The second-order valence-corrected chi connectivity index (χ2v) is 12.1. The Morgan fingerprint density at radius 3 is 1.62 bits per heavy atom. The number of hydrogen-bond donors (Lipinski definition) is 0. The highest BCUT2D eigenvalue weighted by atomic mass is 15.2. The van der Waals surface area contributed by atoms with Crippen LogP contribution in [0.1, 0.15) is 55.5 Å². The summed E-state index contributed by atoms with van der Waals surface area (Å²) in [6.45, 7) is 16.6. The molecule has 0 bridgehead atoms. The van der Waals surface area contributed by atoms with Crippen LogP contribution in [0.4, 0.5) is 39.8 Å². The smallest absolute Gasteiger partial charge is 0.187 e. The van der Waals surface area contributed by atoms with Crippen molar-refractivity contribution in [1.82, 2.24) is 0 Å². The first-order valence-corrected chi connectivity index (χ1v) is 14.2. The van der Waals surface area contributed by atoms with E-state index in [4.69, 9.17) is 6.57 Å². The van der Waals surface area contributed by atoms with Gasteiger partial charge in [0.05, 0.1) is 35.3 Å². The van der Waals surface area contributed by atoms with Crippen LogP contribution in [0, 0.1) is 17.9 Å². The zero-order valence-corrected chi connectivity index (χ0v) is 24.2. The second kappa shape index (κ2) is 9.10. The lowest BCUT2D eigenvalue weighted by Crippen LogP contribution is -2.31. The highest BCUT2D eigenvalue weighted by molar-refractivity contribution is 5.91. The molecule has 42 heavy (non-hydrogen) atoms. The summed E-state index contributed by atoms with van der Waals surface area (Å²) in [5.74, 6) is 0. The molecule has 0 saturated carbocycles. The number of benzene rings is 5. The van der Waals surface area contributed by atoms with Gasteiger partial charge in [0.25, 0.3) is 0 Å². The van der Waals surface area contributed by atoms with Crippen LogP contribution >= 0.6 is 0 Å². The molecular formula is C38H30N4. The van der Waals surface area contributed by atoms with Gasteiger partial charge < -0.3 is 9.80 Å². The van der Waals surface area contributed by atoms with E-state index in [1.165, 1.54) is 11.1 Å². The summed E-state index contributed by atoms with van der Waals surface area (Å²) in [6.07, 6.45) is 0. The van der Waals surface area contributed by atoms with Gasteiger partial charge in [-0.25, -0.2) is 4.85 Å². The van der Waals surface area contributed by atoms with Gasteiger partial charge in [-0.2, -0.15) is 5.26 Å². The molecule has 5 aromatic carbocycles. The quantitative estimate of drug-likeness (QED) is 0.208. The summed E-state index contributed by atoms with van der Waals surface area (Å²) >= 11 is 0. The van der Waals surface area contributed by atoms with Crippen molar-refractivity contribution in [2.75, 3.05) is 9.80 Å². The summed E-state index contributed by atoms with van der Waals surface area (Å²) in [4.78, 5) is 8.39. The molecule has 7 rings (SSSR count). The molecule has 0 atom stereocenters. The first kappa shape index (κ1) is 25.6. The van der Waals surface area contributed by atoms with Crippen molar-refractivity contribution in [2.24, 2.45) is 0 Å². The Balaban J connectivity index is 1.45. The zero-order chi connectivity index (χ0) is 29.2. The minimum absolute atomic E-state index is 0.254. The van der Waals surface area contributed by atoms with Gasteiger partial charge in [-0.1, -0.05) is 82.3 Å². The molecule has 0 saturated heterocycles. The summed E-state index contributed by atoms with van der Waals surface area (Å²) < 4.78 is 0. The van der Waals surface area contributed by atoms with Crippen molar-refractivity contribution in [3.63, 3.8) is 0 Å². The van der Waals surface area contributed by atoms with Gasteiger partial charge in [0.2, 0.25) is 0 Å². The minimum atomic E-state index is -0.260. The third-order valence-corrected chi connectivity index (χ3v) is 9.05. The molecule has 4 heteroatoms. The van der Waals surface area contributed by atoms with E-state index in [2.05, 4.69) is 133 Å². The highest BCUT2D eigenvalue weighted by Crippen LogP contribution is 2.55. The fraction of sp³-hybridized carbons (Fsp3) is 0.158. The van der Waals surface area contributed by atoms with Crippen LogP contribution in [0.5, 0.6) is 0 Å². The predicted octanol–water partition coefficient (Wildman–Crippen LogP) is 10.3. The molecule has 202 valence electrons. The topological polar surface area (TPSA) is 34.6 Å². The Bertz CT molecular complexity index is 1850. The number of nitrogens with zero attached hydrogens (tertiary/aromatic N) is 4. The third-order valence-electron chi connectivity index (χ3n) is 9.05. The normalized spacial score (nSPS) is 15.4. The Morgan fingerprint density at radius 1 is 0.571 bits per heavy atom. The van der Waals surface area contributed by atoms with E-state index in [-0.39, 0.29) is 10.8 Å². The average molecular weight is 543 g/mol. The molecule has 2 aliphatic heterocycles. The number of nitriles is 1. The Kier molecular flexibility index (Phi) is 5.55. The van der Waals surface area contributed by atoms with E-state index in [0.717, 1.165) is 45.3 Å². The minimum Gasteiger partial charge on any atom is -0.310 e. The van der Waals surface area contributed by atoms with E-state index in [9.17, 15) is 5.26 Å². The van der Waals surface area contributed by atoms with Crippen molar-refractivity contribution in [2.45, 2.75) is 38.5 Å². The van der Waals surface area contributed by atoms with Gasteiger partial charge in [0, 0.05) is 27.9 Å². The van der Waals surface area contributed by atoms with Crippen LogP contribution in [0.3, 0.4) is 0 Å². The van der Waals surface area contributed by atoms with Gasteiger partial charge in [0.15, 0.2) is 5.69 Å². The Hall–Kier alpha value is -5.32. The summed E-state index contributed by atoms with van der Waals surface area (Å²) in [5.41, 5.74) is 12.1. The number of hydrogen-bond acceptors (Lipinski definition) is 3. The number of para-hydroxylation sites is 2. The van der Waals surface area contributed by atoms with E-state index in [1.807, 2.05) is 24.3 Å². The lowest BCUT2D eigenvalue weighted by atomic mass is 9.73. The number of fused-ring (bicyclic) bond motifs is 4. The van der Waals surface area contributed by atoms with E-state index in [1.54, 1.807) is 0 Å². The maximum atomic E-state index is 9.71. The van der Waals surface area contributed by atoms with Crippen molar-refractivity contribution >= 4 is 39.8 Å². The molecule has 0 aliphatic carbocycles. The summed E-state index contributed by atoms with van der Waals surface area (Å²) in [5, 5.41) is 9.71. The molecule has 0 radical (unpaired) electrons. The number of anilines is 6. The molecule has 0 aromatic heterocycles. The highest BCUT2D eigenvalue weighted by Gasteiger charge is 2.39. The van der Waals surface area contributed by atoms with Crippen molar-refractivity contribution < 1.29 is 0 Å². The zero-order valence-electron chi connectivity index (χ0n) is 24.2. The third kappa shape index (κ3) is 3.59. The predicted molar refractivity (Wildman–Crippen MR) is 171 cm³/mol. The molecule has 2 aliphatic rings. The SMILES string of the molecule is [C-]#[N+]c1ccc2c(c1)C(C)(C)c1ccccc1N2c1cccc(N2c3ccccc3C(C)(C)c3cc(C#N)ccc32)c1. The lowest BCUT2D eigenvalue weighted by Gasteiger charge is -2.43. The molecule has 0 spiro atoms. The van der Waals surface area contributed by atoms with Gasteiger partial charge >= 0.3 is 0 Å². The maximum Gasteiger partial charge on any atom is 0.187 e. The molecule has 0 fully saturated rings. The molecule has 0 unspecified atom stereocenters. The van der Waals surface area contributed by atoms with Crippen LogP contribution in [0.15, 0.2) is 109 Å². The van der Waals surface area contributed by atoms with Crippen LogP contribution in [0.2, 0.25) is 0 Å². The first-order chi connectivity index (χ1) is 20.3. The molecule has 2 heterocycles. The van der Waals surface area contributed by atoms with Gasteiger partial charge in [-0.3, -0.25) is 0 Å². The van der Waals surface area contributed by atoms with E-state index < -0.39 is 0 Å². The summed E-state index contributed by atoms with van der Waals surface area (Å²) in [7, 11) is 0. The maximum absolute atomic E-state index is 9.71. The Morgan fingerprint density at radius 2 is 1.07 bits per heavy atom. The lowest BCUT2D eigenvalue weighted by molar-refractivity contribution is 0.631. The van der Waals surface area contributed by atoms with Crippen molar-refractivity contribution in [3.8, 4) is 6.07 Å². The monoisotopic (exact) mass is 542 g/mol. The molecule has 0 N–H and O–H groups in total. The van der Waals surface area contributed by atoms with Crippen molar-refractivity contribution in [1.29, 1.82) is 5.26 Å². The Labute approximate surface area is 247 Å². The molecule has 4 nitrogen and oxygen atoms in total. The first-order valence-electron chi connectivity index (χ1n) is 14.2. The van der Waals surface area contributed by atoms with E-state index in [0.29, 0.717) is 11.3 Å². The van der Waals surface area contributed by atoms with Crippen molar-refractivity contribution in [3.05, 3.63) is 148 Å². The molecule has 5 aromatic rings. The van der Waals surface area contributed by atoms with Crippen LogP contribution < -0.4 is 9.80 Å². The number of rotatable bonds is 2. The second-order valence-electron chi connectivity index (χ2n) is 12.1. The summed E-state index contributed by atoms with van der Waals surface area (Å²) in [6, 6.07) is 40.2. The fourth-order valence-corrected chi connectivity index (χ4v) is 6.86. The molecular weight excluding hydrogens is 512 g/mol. The van der Waals surface area contributed by atoms with Gasteiger partial charge in [0.1, 0.15) is 0 Å². The largest absolute Gasteiger partial charge is 0.310 e. The standard InChI is InChI=1S/C38H30N4/c1-37(2)29-13-6-8-15-33(29)41(35-19-17-25(24-39)21-31(35)37)27-11-10-12-28(23-27)42-34-16-9-7-14-30(34)38(3,4)32-22-26(40-5)18-20-36(32)42/h6-23H,1-4H3. The fourth-order valence-electron chi connectivity index (χ4n) is 6.86.